The summed E-state index contributed by atoms with van der Waals surface area (Å²) in [5, 5.41) is 12.9. The number of carbonyl (C=O) groups is 1. The number of hydrogen-bond acceptors (Lipinski definition) is 3. The molecule has 0 rings (SSSR count). The van der Waals surface area contributed by atoms with Gasteiger partial charge in [-0.2, -0.15) is 0 Å². The fourth-order valence-corrected chi connectivity index (χ4v) is 0.742. The van der Waals surface area contributed by atoms with Crippen LogP contribution in [-0.4, -0.2) is 42.7 Å². The number of terminal acetylenes is 1. The molecule has 1 atom stereocenters. The standard InChI is InChI=1S/C9H14F2N2O2/c1-3-4-12-8(15)7(2)13-5-9(10,11)6-14/h1,7,13-14H,4-6H2,2H3,(H,12,15). The minimum atomic E-state index is -3.22. The first-order valence-corrected chi connectivity index (χ1v) is 4.36. The van der Waals surface area contributed by atoms with Crippen LogP contribution in [0.3, 0.4) is 0 Å². The van der Waals surface area contributed by atoms with E-state index in [4.69, 9.17) is 11.5 Å². The maximum atomic E-state index is 12.6. The first kappa shape index (κ1) is 13.8. The zero-order chi connectivity index (χ0) is 11.9. The molecular formula is C9H14F2N2O2. The molecule has 6 heteroatoms. The van der Waals surface area contributed by atoms with Gasteiger partial charge in [0.2, 0.25) is 5.91 Å². The molecule has 0 saturated heterocycles. The number of amides is 1. The van der Waals surface area contributed by atoms with E-state index in [0.717, 1.165) is 0 Å². The molecule has 4 nitrogen and oxygen atoms in total. The van der Waals surface area contributed by atoms with Crippen LogP contribution in [0.1, 0.15) is 6.92 Å². The highest BCUT2D eigenvalue weighted by atomic mass is 19.3. The smallest absolute Gasteiger partial charge is 0.282 e. The van der Waals surface area contributed by atoms with Crippen molar-refractivity contribution in [1.29, 1.82) is 0 Å². The van der Waals surface area contributed by atoms with Gasteiger partial charge < -0.3 is 15.7 Å². The molecule has 0 saturated carbocycles. The molecule has 3 N–H and O–H groups in total. The van der Waals surface area contributed by atoms with Crippen LogP contribution < -0.4 is 10.6 Å². The van der Waals surface area contributed by atoms with Crippen LogP contribution in [0.25, 0.3) is 0 Å². The van der Waals surface area contributed by atoms with Crippen LogP contribution in [0.5, 0.6) is 0 Å². The van der Waals surface area contributed by atoms with Crippen molar-refractivity contribution in [1.82, 2.24) is 10.6 Å². The number of aliphatic hydroxyl groups is 1. The zero-order valence-corrected chi connectivity index (χ0v) is 8.39. The van der Waals surface area contributed by atoms with E-state index in [0.29, 0.717) is 0 Å². The Labute approximate surface area is 87.0 Å². The first-order valence-electron chi connectivity index (χ1n) is 4.36. The van der Waals surface area contributed by atoms with E-state index in [1.807, 2.05) is 0 Å². The second kappa shape index (κ2) is 6.32. The van der Waals surface area contributed by atoms with Crippen molar-refractivity contribution in [2.45, 2.75) is 18.9 Å². The summed E-state index contributed by atoms with van der Waals surface area (Å²) in [6, 6.07) is -0.782. The van der Waals surface area contributed by atoms with E-state index in [2.05, 4.69) is 16.6 Å². The Morgan fingerprint density at radius 3 is 2.73 bits per heavy atom. The molecule has 0 spiro atoms. The lowest BCUT2D eigenvalue weighted by Gasteiger charge is -2.17. The van der Waals surface area contributed by atoms with Gasteiger partial charge in [-0.25, -0.2) is 8.78 Å². The van der Waals surface area contributed by atoms with E-state index in [9.17, 15) is 13.6 Å². The number of hydrogen-bond donors (Lipinski definition) is 3. The minimum Gasteiger partial charge on any atom is -0.390 e. The van der Waals surface area contributed by atoms with E-state index in [1.54, 1.807) is 0 Å². The molecule has 0 heterocycles. The molecule has 15 heavy (non-hydrogen) atoms. The molecular weight excluding hydrogens is 206 g/mol. The topological polar surface area (TPSA) is 61.4 Å². The van der Waals surface area contributed by atoms with Crippen LogP contribution in [0.15, 0.2) is 0 Å². The fraction of sp³-hybridized carbons (Fsp3) is 0.667. The summed E-state index contributed by atoms with van der Waals surface area (Å²) in [6.45, 7) is -0.520. The normalized spacial score (nSPS) is 13.0. The van der Waals surface area contributed by atoms with Gasteiger partial charge in [0.1, 0.15) is 6.61 Å². The Morgan fingerprint density at radius 1 is 1.67 bits per heavy atom. The van der Waals surface area contributed by atoms with Crippen LogP contribution in [0.2, 0.25) is 0 Å². The monoisotopic (exact) mass is 220 g/mol. The van der Waals surface area contributed by atoms with Gasteiger partial charge in [0.05, 0.1) is 19.1 Å². The number of nitrogens with one attached hydrogen (secondary N) is 2. The Hall–Kier alpha value is -1.19. The fourth-order valence-electron chi connectivity index (χ4n) is 0.742. The summed E-state index contributed by atoms with van der Waals surface area (Å²) >= 11 is 0. The van der Waals surface area contributed by atoms with Crippen molar-refractivity contribution in [2.75, 3.05) is 19.7 Å². The number of alkyl halides is 2. The average Bonchev–Trinajstić information content (AvgIpc) is 2.22. The van der Waals surface area contributed by atoms with Crippen molar-refractivity contribution < 1.29 is 18.7 Å². The highest BCUT2D eigenvalue weighted by Crippen LogP contribution is 2.09. The Kier molecular flexibility index (Phi) is 5.82. The molecule has 0 bridgehead atoms. The Balaban J connectivity index is 3.88. The molecule has 0 aliphatic carbocycles. The third-order valence-electron chi connectivity index (χ3n) is 1.66. The molecule has 0 aromatic carbocycles. The van der Waals surface area contributed by atoms with E-state index >= 15 is 0 Å². The Morgan fingerprint density at radius 2 is 2.27 bits per heavy atom. The minimum absolute atomic E-state index is 0.0568. The van der Waals surface area contributed by atoms with E-state index in [-0.39, 0.29) is 6.54 Å². The summed E-state index contributed by atoms with van der Waals surface area (Å²) in [6.07, 6.45) is 4.90. The lowest BCUT2D eigenvalue weighted by molar-refractivity contribution is -0.123. The quantitative estimate of drug-likeness (QED) is 0.521. The van der Waals surface area contributed by atoms with Gasteiger partial charge in [0.15, 0.2) is 0 Å². The highest BCUT2D eigenvalue weighted by molar-refractivity contribution is 5.81. The van der Waals surface area contributed by atoms with Crippen molar-refractivity contribution in [3.8, 4) is 12.3 Å². The van der Waals surface area contributed by atoms with Gasteiger partial charge in [-0.3, -0.25) is 4.79 Å². The Bertz CT molecular complexity index is 251. The summed E-state index contributed by atoms with van der Waals surface area (Å²) in [5.74, 6) is -1.49. The van der Waals surface area contributed by atoms with Gasteiger partial charge in [-0.15, -0.1) is 6.42 Å². The van der Waals surface area contributed by atoms with E-state index in [1.165, 1.54) is 6.92 Å². The first-order chi connectivity index (χ1) is 6.93. The number of carbonyl (C=O) groups excluding carboxylic acids is 1. The third kappa shape index (κ3) is 5.99. The van der Waals surface area contributed by atoms with Crippen molar-refractivity contribution in [2.24, 2.45) is 0 Å². The predicted octanol–water partition coefficient (Wildman–Crippen LogP) is -0.659. The molecule has 0 aromatic rings. The number of aliphatic hydroxyl groups excluding tert-OH is 1. The lowest BCUT2D eigenvalue weighted by Crippen LogP contribution is -2.47. The van der Waals surface area contributed by atoms with Crippen LogP contribution in [0.4, 0.5) is 8.78 Å². The van der Waals surface area contributed by atoms with Gasteiger partial charge in [-0.1, -0.05) is 5.92 Å². The van der Waals surface area contributed by atoms with Gasteiger partial charge in [0.25, 0.3) is 5.92 Å². The van der Waals surface area contributed by atoms with Gasteiger partial charge in [0, 0.05) is 0 Å². The summed E-state index contributed by atoms with van der Waals surface area (Å²) in [7, 11) is 0. The second-order valence-electron chi connectivity index (χ2n) is 3.04. The highest BCUT2D eigenvalue weighted by Gasteiger charge is 2.28. The third-order valence-corrected chi connectivity index (χ3v) is 1.66. The predicted molar refractivity (Wildman–Crippen MR) is 51.3 cm³/mol. The van der Waals surface area contributed by atoms with Crippen LogP contribution in [-0.2, 0) is 4.79 Å². The number of halogens is 2. The van der Waals surface area contributed by atoms with Crippen molar-refractivity contribution >= 4 is 5.91 Å². The van der Waals surface area contributed by atoms with Gasteiger partial charge >= 0.3 is 0 Å². The molecule has 0 radical (unpaired) electrons. The molecule has 86 valence electrons. The lowest BCUT2D eigenvalue weighted by atomic mass is 10.2. The molecule has 1 unspecified atom stereocenters. The second-order valence-corrected chi connectivity index (χ2v) is 3.04. The summed E-state index contributed by atoms with van der Waals surface area (Å²) < 4.78 is 25.1. The number of rotatable bonds is 6. The molecule has 1 amide bonds. The molecule has 0 aromatic heterocycles. The van der Waals surface area contributed by atoms with Crippen LogP contribution >= 0.6 is 0 Å². The maximum Gasteiger partial charge on any atom is 0.282 e. The largest absolute Gasteiger partial charge is 0.390 e. The summed E-state index contributed by atoms with van der Waals surface area (Å²) in [4.78, 5) is 11.1. The van der Waals surface area contributed by atoms with Crippen molar-refractivity contribution in [3.05, 3.63) is 0 Å². The molecule has 0 aliphatic rings. The molecule has 0 aliphatic heterocycles. The van der Waals surface area contributed by atoms with Crippen LogP contribution in [0, 0.1) is 12.3 Å². The molecule has 0 fully saturated rings. The van der Waals surface area contributed by atoms with E-state index < -0.39 is 31.0 Å². The van der Waals surface area contributed by atoms with Crippen molar-refractivity contribution in [3.63, 3.8) is 0 Å². The maximum absolute atomic E-state index is 12.6. The zero-order valence-electron chi connectivity index (χ0n) is 8.39. The average molecular weight is 220 g/mol. The van der Waals surface area contributed by atoms with Gasteiger partial charge in [-0.05, 0) is 6.92 Å². The SMILES string of the molecule is C#CCNC(=O)C(C)NCC(F)(F)CO. The summed E-state index contributed by atoms with van der Waals surface area (Å²) in [5.41, 5.74) is 0.